The molecule has 0 aliphatic rings. The van der Waals surface area contributed by atoms with Crippen LogP contribution in [0.2, 0.25) is 10.0 Å². The highest BCUT2D eigenvalue weighted by molar-refractivity contribution is 7.92. The standard InChI is InChI=1S/C18H20Cl2N2O4S/c1-27(24,25)22(17-11-15(19)7-8-16(17)20)12-18(23)21-9-10-26-13-14-5-3-2-4-6-14/h2-8,11H,9-10,12-13H2,1H3,(H,21,23). The van der Waals surface area contributed by atoms with Crippen LogP contribution in [-0.2, 0) is 26.2 Å². The van der Waals surface area contributed by atoms with Crippen LogP contribution in [0.5, 0.6) is 0 Å². The van der Waals surface area contributed by atoms with E-state index in [1.165, 1.54) is 18.2 Å². The summed E-state index contributed by atoms with van der Waals surface area (Å²) in [7, 11) is -3.73. The quantitative estimate of drug-likeness (QED) is 0.620. The van der Waals surface area contributed by atoms with Crippen molar-refractivity contribution in [1.29, 1.82) is 0 Å². The molecule has 0 atom stereocenters. The number of rotatable bonds is 9. The molecule has 0 saturated heterocycles. The minimum Gasteiger partial charge on any atom is -0.375 e. The van der Waals surface area contributed by atoms with Crippen LogP contribution in [0, 0.1) is 0 Å². The predicted molar refractivity (Wildman–Crippen MR) is 108 cm³/mol. The number of hydrogen-bond acceptors (Lipinski definition) is 4. The first-order chi connectivity index (χ1) is 12.8. The summed E-state index contributed by atoms with van der Waals surface area (Å²) < 4.78 is 30.6. The van der Waals surface area contributed by atoms with Gasteiger partial charge in [-0.1, -0.05) is 53.5 Å². The minimum atomic E-state index is -3.73. The Labute approximate surface area is 169 Å². The summed E-state index contributed by atoms with van der Waals surface area (Å²) in [5.74, 6) is -0.472. The number of amides is 1. The summed E-state index contributed by atoms with van der Waals surface area (Å²) in [5.41, 5.74) is 1.19. The molecule has 0 spiro atoms. The highest BCUT2D eigenvalue weighted by atomic mass is 35.5. The van der Waals surface area contributed by atoms with E-state index in [0.29, 0.717) is 18.2 Å². The monoisotopic (exact) mass is 430 g/mol. The van der Waals surface area contributed by atoms with Gasteiger partial charge in [-0.2, -0.15) is 0 Å². The van der Waals surface area contributed by atoms with Gasteiger partial charge < -0.3 is 10.1 Å². The van der Waals surface area contributed by atoms with Crippen molar-refractivity contribution >= 4 is 44.8 Å². The molecule has 0 aromatic heterocycles. The average Bonchev–Trinajstić information content (AvgIpc) is 2.61. The number of hydrogen-bond donors (Lipinski definition) is 1. The van der Waals surface area contributed by atoms with E-state index < -0.39 is 22.5 Å². The highest BCUT2D eigenvalue weighted by Crippen LogP contribution is 2.30. The van der Waals surface area contributed by atoms with Crippen molar-refractivity contribution < 1.29 is 17.9 Å². The Balaban J connectivity index is 1.88. The number of sulfonamides is 1. The van der Waals surface area contributed by atoms with E-state index in [2.05, 4.69) is 5.32 Å². The van der Waals surface area contributed by atoms with Gasteiger partial charge in [-0.05, 0) is 23.8 Å². The van der Waals surface area contributed by atoms with E-state index in [1.54, 1.807) is 0 Å². The first-order valence-electron chi connectivity index (χ1n) is 8.08. The number of benzene rings is 2. The maximum Gasteiger partial charge on any atom is 0.240 e. The summed E-state index contributed by atoms with van der Waals surface area (Å²) in [6.45, 7) is 0.589. The predicted octanol–water partition coefficient (Wildman–Crippen LogP) is 3.09. The third-order valence-electron chi connectivity index (χ3n) is 3.54. The zero-order valence-corrected chi connectivity index (χ0v) is 17.0. The lowest BCUT2D eigenvalue weighted by molar-refractivity contribution is -0.119. The smallest absolute Gasteiger partial charge is 0.240 e. The molecule has 146 valence electrons. The van der Waals surface area contributed by atoms with E-state index in [4.69, 9.17) is 27.9 Å². The summed E-state index contributed by atoms with van der Waals surface area (Å²) in [5, 5.41) is 3.13. The molecule has 0 bridgehead atoms. The molecule has 9 heteroatoms. The Morgan fingerprint density at radius 2 is 1.85 bits per heavy atom. The van der Waals surface area contributed by atoms with Crippen molar-refractivity contribution in [3.8, 4) is 0 Å². The second kappa shape index (κ2) is 9.94. The van der Waals surface area contributed by atoms with Crippen molar-refractivity contribution in [2.45, 2.75) is 6.61 Å². The second-order valence-electron chi connectivity index (χ2n) is 5.75. The maximum atomic E-state index is 12.2. The molecule has 27 heavy (non-hydrogen) atoms. The summed E-state index contributed by atoms with van der Waals surface area (Å²) in [4.78, 5) is 12.2. The third-order valence-corrected chi connectivity index (χ3v) is 5.23. The van der Waals surface area contributed by atoms with Gasteiger partial charge in [0.05, 0.1) is 30.2 Å². The van der Waals surface area contributed by atoms with Crippen molar-refractivity contribution in [3.63, 3.8) is 0 Å². The molecule has 0 fully saturated rings. The van der Waals surface area contributed by atoms with Crippen LogP contribution < -0.4 is 9.62 Å². The van der Waals surface area contributed by atoms with E-state index in [-0.39, 0.29) is 17.3 Å². The lowest BCUT2D eigenvalue weighted by atomic mass is 10.2. The summed E-state index contributed by atoms with van der Waals surface area (Å²) in [6, 6.07) is 14.1. The van der Waals surface area contributed by atoms with Gasteiger partial charge in [0.25, 0.3) is 0 Å². The zero-order valence-electron chi connectivity index (χ0n) is 14.7. The van der Waals surface area contributed by atoms with E-state index >= 15 is 0 Å². The van der Waals surface area contributed by atoms with Gasteiger partial charge in [0, 0.05) is 11.6 Å². The van der Waals surface area contributed by atoms with Crippen molar-refractivity contribution in [3.05, 3.63) is 64.1 Å². The molecule has 0 radical (unpaired) electrons. The molecule has 1 N–H and O–H groups in total. The normalized spacial score (nSPS) is 11.2. The SMILES string of the molecule is CS(=O)(=O)N(CC(=O)NCCOCc1ccccc1)c1cc(Cl)ccc1Cl. The van der Waals surface area contributed by atoms with Crippen LogP contribution >= 0.6 is 23.2 Å². The fraction of sp³-hybridized carbons (Fsp3) is 0.278. The molecule has 2 rings (SSSR count). The van der Waals surface area contributed by atoms with Crippen LogP contribution in [0.15, 0.2) is 48.5 Å². The summed E-state index contributed by atoms with van der Waals surface area (Å²) >= 11 is 12.0. The third kappa shape index (κ3) is 7.03. The lowest BCUT2D eigenvalue weighted by Crippen LogP contribution is -2.41. The molecule has 2 aromatic rings. The van der Waals surface area contributed by atoms with E-state index in [9.17, 15) is 13.2 Å². The second-order valence-corrected chi connectivity index (χ2v) is 8.50. The van der Waals surface area contributed by atoms with Crippen LogP contribution in [-0.4, -0.2) is 40.3 Å². The number of carbonyl (C=O) groups is 1. The van der Waals surface area contributed by atoms with Crippen LogP contribution in [0.1, 0.15) is 5.56 Å². The van der Waals surface area contributed by atoms with Crippen LogP contribution in [0.3, 0.4) is 0 Å². The topological polar surface area (TPSA) is 75.7 Å². The molecule has 0 aliphatic heterocycles. The van der Waals surface area contributed by atoms with Crippen molar-refractivity contribution in [2.75, 3.05) is 30.3 Å². The molecule has 2 aromatic carbocycles. The number of halogens is 2. The molecule has 0 heterocycles. The average molecular weight is 431 g/mol. The van der Waals surface area contributed by atoms with Crippen LogP contribution in [0.4, 0.5) is 5.69 Å². The molecule has 0 aliphatic carbocycles. The van der Waals surface area contributed by atoms with Crippen molar-refractivity contribution in [2.24, 2.45) is 0 Å². The fourth-order valence-corrected chi connectivity index (χ4v) is 3.57. The molecule has 0 unspecified atom stereocenters. The fourth-order valence-electron chi connectivity index (χ4n) is 2.27. The van der Waals surface area contributed by atoms with E-state index in [0.717, 1.165) is 16.1 Å². The lowest BCUT2D eigenvalue weighted by Gasteiger charge is -2.23. The first kappa shape index (κ1) is 21.5. The zero-order chi connectivity index (χ0) is 19.9. The van der Waals surface area contributed by atoms with E-state index in [1.807, 2.05) is 30.3 Å². The van der Waals surface area contributed by atoms with Gasteiger partial charge in [-0.15, -0.1) is 0 Å². The summed E-state index contributed by atoms with van der Waals surface area (Å²) in [6.07, 6.45) is 1.00. The first-order valence-corrected chi connectivity index (χ1v) is 10.7. The minimum absolute atomic E-state index is 0.155. The van der Waals surface area contributed by atoms with Crippen LogP contribution in [0.25, 0.3) is 0 Å². The largest absolute Gasteiger partial charge is 0.375 e. The Kier molecular flexibility index (Phi) is 7.91. The maximum absolute atomic E-state index is 12.2. The number of nitrogens with one attached hydrogen (secondary N) is 1. The highest BCUT2D eigenvalue weighted by Gasteiger charge is 2.23. The number of carbonyl (C=O) groups excluding carboxylic acids is 1. The molecule has 0 saturated carbocycles. The van der Waals surface area contributed by atoms with Gasteiger partial charge >= 0.3 is 0 Å². The Bertz CT molecular complexity index is 876. The molecule has 1 amide bonds. The van der Waals surface area contributed by atoms with Gasteiger partial charge in [0.1, 0.15) is 6.54 Å². The number of ether oxygens (including phenoxy) is 1. The number of nitrogens with zero attached hydrogens (tertiary/aromatic N) is 1. The van der Waals surface area contributed by atoms with Gasteiger partial charge in [-0.25, -0.2) is 8.42 Å². The van der Waals surface area contributed by atoms with Gasteiger partial charge in [-0.3, -0.25) is 9.10 Å². The Morgan fingerprint density at radius 3 is 2.52 bits per heavy atom. The Hall–Kier alpha value is -1.80. The van der Waals surface area contributed by atoms with Crippen molar-refractivity contribution in [1.82, 2.24) is 5.32 Å². The number of anilines is 1. The molecular formula is C18H20Cl2N2O4S. The molecular weight excluding hydrogens is 411 g/mol. The van der Waals surface area contributed by atoms with Gasteiger partial charge in [0.2, 0.25) is 15.9 Å². The molecule has 6 nitrogen and oxygen atoms in total. The Morgan fingerprint density at radius 1 is 1.15 bits per heavy atom. The van der Waals surface area contributed by atoms with Gasteiger partial charge in [0.15, 0.2) is 0 Å².